The molecular weight excluding hydrogens is 266 g/mol. The largest absolute Gasteiger partial charge is 0.488 e. The van der Waals surface area contributed by atoms with E-state index in [9.17, 15) is 0 Å². The van der Waals surface area contributed by atoms with Gasteiger partial charge in [-0.05, 0) is 19.3 Å². The van der Waals surface area contributed by atoms with E-state index >= 15 is 0 Å². The van der Waals surface area contributed by atoms with Gasteiger partial charge in [-0.3, -0.25) is 0 Å². The first-order chi connectivity index (χ1) is 8.94. The predicted molar refractivity (Wildman–Crippen MR) is 73.3 cm³/mol. The van der Waals surface area contributed by atoms with Crippen LogP contribution in [0.2, 0.25) is 0 Å². The van der Waals surface area contributed by atoms with Gasteiger partial charge < -0.3 is 14.6 Å². The van der Waals surface area contributed by atoms with Crippen molar-refractivity contribution in [2.75, 3.05) is 5.88 Å². The van der Waals surface area contributed by atoms with Crippen LogP contribution in [0.1, 0.15) is 19.7 Å². The molecule has 0 fully saturated rings. The minimum Gasteiger partial charge on any atom is -0.423 e. The zero-order valence-electron chi connectivity index (χ0n) is 10.7. The summed E-state index contributed by atoms with van der Waals surface area (Å²) < 4.78 is 5.21. The molecule has 7 heteroatoms. The molecule has 0 bridgehead atoms. The van der Waals surface area contributed by atoms with Crippen LogP contribution in [0.3, 0.4) is 0 Å². The van der Waals surface area contributed by atoms with E-state index in [2.05, 4.69) is 10.1 Å². The average molecular weight is 281 g/mol. The molecule has 0 aliphatic rings. The Morgan fingerprint density at radius 2 is 1.89 bits per heavy atom. The summed E-state index contributed by atoms with van der Waals surface area (Å²) in [4.78, 5) is 4.31. The Balaban J connectivity index is 2.28. The molecule has 0 aliphatic heterocycles. The number of benzene rings is 1. The summed E-state index contributed by atoms with van der Waals surface area (Å²) in [5.41, 5.74) is 0.770. The monoisotopic (exact) mass is 280 g/mol. The summed E-state index contributed by atoms with van der Waals surface area (Å²) >= 11 is 5.86. The molecule has 2 aromatic rings. The molecule has 1 heterocycles. The summed E-state index contributed by atoms with van der Waals surface area (Å²) in [5, 5.41) is 21.9. The fourth-order valence-electron chi connectivity index (χ4n) is 1.48. The van der Waals surface area contributed by atoms with E-state index in [1.54, 1.807) is 24.3 Å². The minimum atomic E-state index is -1.48. The normalized spacial score (nSPS) is 11.6. The van der Waals surface area contributed by atoms with Gasteiger partial charge in [-0.25, -0.2) is 0 Å². The Bertz CT molecular complexity index is 554. The molecular formula is C12H14BClN2O3. The molecule has 2 rings (SSSR count). The van der Waals surface area contributed by atoms with Crippen LogP contribution in [-0.4, -0.2) is 33.2 Å². The van der Waals surface area contributed by atoms with Crippen LogP contribution >= 0.6 is 11.6 Å². The molecule has 0 saturated heterocycles. The van der Waals surface area contributed by atoms with E-state index in [0.29, 0.717) is 23.1 Å². The lowest BCUT2D eigenvalue weighted by Gasteiger charge is -2.14. The topological polar surface area (TPSA) is 79.4 Å². The Hall–Kier alpha value is -1.37. The lowest BCUT2D eigenvalue weighted by Crippen LogP contribution is -2.29. The van der Waals surface area contributed by atoms with Crippen molar-refractivity contribution in [2.45, 2.75) is 19.3 Å². The molecule has 5 nitrogen and oxygen atoms in total. The standard InChI is InChI=1S/C12H14BClN2O3/c1-12(2,7-14)11-15-10(16-19-11)8-3-5-9(6-4-8)13(17)18/h3-6,17-18H,7H2,1-2H3. The SMILES string of the molecule is CC(C)(CCl)c1nc(-c2ccc(B(O)O)cc2)no1. The van der Waals surface area contributed by atoms with Gasteiger partial charge in [0.1, 0.15) is 0 Å². The fraction of sp³-hybridized carbons (Fsp3) is 0.333. The second kappa shape index (κ2) is 5.32. The third kappa shape index (κ3) is 2.97. The summed E-state index contributed by atoms with van der Waals surface area (Å²) in [6.45, 7) is 3.84. The van der Waals surface area contributed by atoms with Gasteiger partial charge in [-0.15, -0.1) is 11.6 Å². The quantitative estimate of drug-likeness (QED) is 0.643. The number of hydrogen-bond donors (Lipinski definition) is 2. The number of aromatic nitrogens is 2. The van der Waals surface area contributed by atoms with Gasteiger partial charge in [-0.2, -0.15) is 4.98 Å². The maximum absolute atomic E-state index is 9.02. The van der Waals surface area contributed by atoms with E-state index in [1.165, 1.54) is 0 Å². The molecule has 0 unspecified atom stereocenters. The summed E-state index contributed by atoms with van der Waals surface area (Å²) in [6.07, 6.45) is 0. The highest BCUT2D eigenvalue weighted by atomic mass is 35.5. The van der Waals surface area contributed by atoms with Gasteiger partial charge in [0.15, 0.2) is 0 Å². The van der Waals surface area contributed by atoms with E-state index in [-0.39, 0.29) is 5.41 Å². The maximum atomic E-state index is 9.02. The van der Waals surface area contributed by atoms with Crippen molar-refractivity contribution in [3.63, 3.8) is 0 Å². The highest BCUT2D eigenvalue weighted by Gasteiger charge is 2.27. The van der Waals surface area contributed by atoms with Crippen LogP contribution in [0.4, 0.5) is 0 Å². The highest BCUT2D eigenvalue weighted by molar-refractivity contribution is 6.58. The smallest absolute Gasteiger partial charge is 0.423 e. The number of halogens is 1. The van der Waals surface area contributed by atoms with Crippen molar-refractivity contribution in [3.8, 4) is 11.4 Å². The Kier molecular flexibility index (Phi) is 3.94. The van der Waals surface area contributed by atoms with Gasteiger partial charge >= 0.3 is 7.12 Å². The molecule has 0 spiro atoms. The first-order valence-corrected chi connectivity index (χ1v) is 6.34. The van der Waals surface area contributed by atoms with Crippen molar-refractivity contribution in [1.29, 1.82) is 0 Å². The number of alkyl halides is 1. The molecule has 100 valence electrons. The maximum Gasteiger partial charge on any atom is 0.488 e. The molecule has 1 aromatic carbocycles. The van der Waals surface area contributed by atoms with E-state index in [1.807, 2.05) is 13.8 Å². The van der Waals surface area contributed by atoms with Crippen molar-refractivity contribution >= 4 is 24.2 Å². The molecule has 1 aromatic heterocycles. The van der Waals surface area contributed by atoms with Crippen LogP contribution in [0, 0.1) is 0 Å². The Morgan fingerprint density at radius 3 is 2.42 bits per heavy atom. The molecule has 0 atom stereocenters. The van der Waals surface area contributed by atoms with Gasteiger partial charge in [0.2, 0.25) is 11.7 Å². The van der Waals surface area contributed by atoms with Crippen molar-refractivity contribution in [2.24, 2.45) is 0 Å². The van der Waals surface area contributed by atoms with Crippen molar-refractivity contribution < 1.29 is 14.6 Å². The molecule has 19 heavy (non-hydrogen) atoms. The average Bonchev–Trinajstić information content (AvgIpc) is 2.89. The van der Waals surface area contributed by atoms with Gasteiger partial charge in [0, 0.05) is 11.4 Å². The molecule has 0 saturated carbocycles. The highest BCUT2D eigenvalue weighted by Crippen LogP contribution is 2.25. The molecule has 0 aliphatic carbocycles. The van der Waals surface area contributed by atoms with E-state index in [0.717, 1.165) is 5.56 Å². The van der Waals surface area contributed by atoms with Crippen LogP contribution in [-0.2, 0) is 5.41 Å². The van der Waals surface area contributed by atoms with Crippen molar-refractivity contribution in [3.05, 3.63) is 30.2 Å². The van der Waals surface area contributed by atoms with Gasteiger partial charge in [0.05, 0.1) is 5.41 Å². The number of hydrogen-bond acceptors (Lipinski definition) is 5. The lowest BCUT2D eigenvalue weighted by atomic mass is 9.80. The molecule has 0 amide bonds. The van der Waals surface area contributed by atoms with Crippen LogP contribution in [0.25, 0.3) is 11.4 Å². The van der Waals surface area contributed by atoms with Crippen LogP contribution < -0.4 is 5.46 Å². The second-order valence-electron chi connectivity index (χ2n) is 4.94. The van der Waals surface area contributed by atoms with Gasteiger partial charge in [0.25, 0.3) is 0 Å². The second-order valence-corrected chi connectivity index (χ2v) is 5.20. The third-order valence-electron chi connectivity index (χ3n) is 2.81. The third-order valence-corrected chi connectivity index (χ3v) is 3.47. The van der Waals surface area contributed by atoms with E-state index in [4.69, 9.17) is 26.2 Å². The first kappa shape index (κ1) is 14.1. The summed E-state index contributed by atoms with van der Waals surface area (Å²) in [7, 11) is -1.48. The van der Waals surface area contributed by atoms with E-state index < -0.39 is 7.12 Å². The zero-order valence-corrected chi connectivity index (χ0v) is 11.4. The van der Waals surface area contributed by atoms with Crippen LogP contribution in [0.5, 0.6) is 0 Å². The minimum absolute atomic E-state index is 0.379. The van der Waals surface area contributed by atoms with Crippen molar-refractivity contribution in [1.82, 2.24) is 10.1 Å². The first-order valence-electron chi connectivity index (χ1n) is 5.80. The Morgan fingerprint density at radius 1 is 1.26 bits per heavy atom. The Labute approximate surface area is 116 Å². The zero-order chi connectivity index (χ0) is 14.0. The lowest BCUT2D eigenvalue weighted by molar-refractivity contribution is 0.323. The van der Waals surface area contributed by atoms with Gasteiger partial charge in [-0.1, -0.05) is 29.4 Å². The number of nitrogens with zero attached hydrogens (tertiary/aromatic N) is 2. The van der Waals surface area contributed by atoms with Crippen LogP contribution in [0.15, 0.2) is 28.8 Å². The summed E-state index contributed by atoms with van der Waals surface area (Å²) in [6, 6.07) is 6.61. The summed E-state index contributed by atoms with van der Waals surface area (Å²) in [5.74, 6) is 1.31. The molecule has 0 radical (unpaired) electrons. The molecule has 2 N–H and O–H groups in total. The number of rotatable bonds is 4. The predicted octanol–water partition coefficient (Wildman–Crippen LogP) is 0.933. The fourth-order valence-corrected chi connectivity index (χ4v) is 1.59.